The summed E-state index contributed by atoms with van der Waals surface area (Å²) in [5, 5.41) is 0. The van der Waals surface area contributed by atoms with Gasteiger partial charge in [0.25, 0.3) is 0 Å². The van der Waals surface area contributed by atoms with Crippen molar-refractivity contribution < 1.29 is 9.53 Å². The molecule has 0 aromatic carbocycles. The highest BCUT2D eigenvalue weighted by atomic mass is 35.5. The molecule has 0 aliphatic carbocycles. The van der Waals surface area contributed by atoms with Gasteiger partial charge in [-0.3, -0.25) is 4.79 Å². The predicted molar refractivity (Wildman–Crippen MR) is 61.8 cm³/mol. The first-order chi connectivity index (χ1) is 6.93. The fraction of sp³-hybridized carbons (Fsp3) is 0.900. The average Bonchev–Trinajstić information content (AvgIpc) is 2.22. The lowest BCUT2D eigenvalue weighted by Crippen LogP contribution is -2.36. The van der Waals surface area contributed by atoms with Crippen LogP contribution in [0.3, 0.4) is 0 Å². The quantitative estimate of drug-likeness (QED) is 0.680. The SMILES string of the molecule is COCCN(C)C(=O)CCC(C)(C)NCl. The van der Waals surface area contributed by atoms with Gasteiger partial charge in [-0.1, -0.05) is 0 Å². The predicted octanol–water partition coefficient (Wildman–Crippen LogP) is 1.39. The van der Waals surface area contributed by atoms with Gasteiger partial charge < -0.3 is 9.64 Å². The smallest absolute Gasteiger partial charge is 0.222 e. The molecule has 0 saturated heterocycles. The first-order valence-electron chi connectivity index (χ1n) is 5.03. The summed E-state index contributed by atoms with van der Waals surface area (Å²) in [5.74, 6) is 0.118. The molecule has 0 fully saturated rings. The van der Waals surface area contributed by atoms with Crippen LogP contribution in [0, 0.1) is 0 Å². The molecule has 0 aromatic heterocycles. The lowest BCUT2D eigenvalue weighted by Gasteiger charge is -2.23. The van der Waals surface area contributed by atoms with E-state index in [4.69, 9.17) is 16.5 Å². The van der Waals surface area contributed by atoms with Gasteiger partial charge in [0, 0.05) is 32.7 Å². The highest BCUT2D eigenvalue weighted by Crippen LogP contribution is 2.12. The zero-order valence-electron chi connectivity index (χ0n) is 9.97. The van der Waals surface area contributed by atoms with Crippen LogP contribution in [-0.4, -0.2) is 43.7 Å². The van der Waals surface area contributed by atoms with E-state index in [-0.39, 0.29) is 11.4 Å². The Morgan fingerprint density at radius 2 is 2.13 bits per heavy atom. The Hall–Kier alpha value is -0.320. The molecule has 1 amide bonds. The number of likely N-dealkylation sites (N-methyl/N-ethyl adjacent to an activating group) is 1. The number of halogens is 1. The van der Waals surface area contributed by atoms with Gasteiger partial charge >= 0.3 is 0 Å². The topological polar surface area (TPSA) is 41.6 Å². The third-order valence-corrected chi connectivity index (χ3v) is 2.79. The highest BCUT2D eigenvalue weighted by molar-refractivity contribution is 6.13. The molecule has 0 radical (unpaired) electrons. The second kappa shape index (κ2) is 7.04. The van der Waals surface area contributed by atoms with Crippen molar-refractivity contribution in [3.05, 3.63) is 0 Å². The van der Waals surface area contributed by atoms with E-state index in [1.54, 1.807) is 19.1 Å². The van der Waals surface area contributed by atoms with Crippen LogP contribution in [0.25, 0.3) is 0 Å². The van der Waals surface area contributed by atoms with E-state index in [1.165, 1.54) is 0 Å². The molecule has 0 heterocycles. The second-order valence-corrected chi connectivity index (χ2v) is 4.48. The van der Waals surface area contributed by atoms with Crippen LogP contribution in [0.4, 0.5) is 0 Å². The van der Waals surface area contributed by atoms with Gasteiger partial charge in [0.2, 0.25) is 5.91 Å². The molecule has 0 atom stereocenters. The van der Waals surface area contributed by atoms with Crippen molar-refractivity contribution in [1.82, 2.24) is 9.74 Å². The van der Waals surface area contributed by atoms with Gasteiger partial charge in [-0.05, 0) is 32.0 Å². The van der Waals surface area contributed by atoms with Crippen molar-refractivity contribution in [3.8, 4) is 0 Å². The maximum Gasteiger partial charge on any atom is 0.222 e. The molecule has 0 aromatic rings. The minimum Gasteiger partial charge on any atom is -0.383 e. The molecule has 5 heteroatoms. The van der Waals surface area contributed by atoms with Crippen molar-refractivity contribution in [3.63, 3.8) is 0 Å². The first-order valence-corrected chi connectivity index (χ1v) is 5.41. The minimum absolute atomic E-state index is 0.118. The van der Waals surface area contributed by atoms with Gasteiger partial charge in [-0.25, -0.2) is 4.84 Å². The van der Waals surface area contributed by atoms with Crippen molar-refractivity contribution >= 4 is 17.7 Å². The maximum atomic E-state index is 11.6. The van der Waals surface area contributed by atoms with Crippen molar-refractivity contribution in [1.29, 1.82) is 0 Å². The summed E-state index contributed by atoms with van der Waals surface area (Å²) in [7, 11) is 3.40. The molecule has 0 spiro atoms. The summed E-state index contributed by atoms with van der Waals surface area (Å²) in [6.45, 7) is 5.12. The summed E-state index contributed by atoms with van der Waals surface area (Å²) in [4.78, 5) is 15.9. The number of methoxy groups -OCH3 is 1. The number of carbonyl (C=O) groups excluding carboxylic acids is 1. The summed E-state index contributed by atoms with van der Waals surface area (Å²) in [6.07, 6.45) is 1.21. The largest absolute Gasteiger partial charge is 0.383 e. The van der Waals surface area contributed by atoms with Crippen LogP contribution < -0.4 is 4.84 Å². The number of nitrogens with zero attached hydrogens (tertiary/aromatic N) is 1. The van der Waals surface area contributed by atoms with E-state index >= 15 is 0 Å². The Morgan fingerprint density at radius 1 is 1.53 bits per heavy atom. The number of rotatable bonds is 7. The van der Waals surface area contributed by atoms with Crippen LogP contribution in [0.15, 0.2) is 0 Å². The van der Waals surface area contributed by atoms with Crippen LogP contribution in [0.1, 0.15) is 26.7 Å². The molecular weight excluding hydrogens is 216 g/mol. The van der Waals surface area contributed by atoms with Gasteiger partial charge in [-0.2, -0.15) is 0 Å². The van der Waals surface area contributed by atoms with E-state index in [0.717, 1.165) is 0 Å². The lowest BCUT2D eigenvalue weighted by molar-refractivity contribution is -0.130. The number of nitrogens with one attached hydrogen (secondary N) is 1. The molecular formula is C10H21ClN2O2. The Labute approximate surface area is 97.0 Å². The van der Waals surface area contributed by atoms with E-state index in [1.807, 2.05) is 13.8 Å². The molecule has 4 nitrogen and oxygen atoms in total. The number of amides is 1. The van der Waals surface area contributed by atoms with E-state index in [2.05, 4.69) is 4.84 Å². The van der Waals surface area contributed by atoms with Crippen LogP contribution in [-0.2, 0) is 9.53 Å². The average molecular weight is 237 g/mol. The van der Waals surface area contributed by atoms with Crippen molar-refractivity contribution in [2.75, 3.05) is 27.3 Å². The van der Waals surface area contributed by atoms with E-state index < -0.39 is 0 Å². The third-order valence-electron chi connectivity index (χ3n) is 2.28. The third kappa shape index (κ3) is 6.71. The summed E-state index contributed by atoms with van der Waals surface area (Å²) >= 11 is 5.54. The molecule has 90 valence electrons. The lowest BCUT2D eigenvalue weighted by atomic mass is 10.00. The van der Waals surface area contributed by atoms with Gasteiger partial charge in [0.05, 0.1) is 6.61 Å². The van der Waals surface area contributed by atoms with Crippen molar-refractivity contribution in [2.24, 2.45) is 0 Å². The normalized spacial score (nSPS) is 11.5. The second-order valence-electron chi connectivity index (χ2n) is 4.29. The van der Waals surface area contributed by atoms with Gasteiger partial charge in [-0.15, -0.1) is 0 Å². The number of ether oxygens (including phenoxy) is 1. The van der Waals surface area contributed by atoms with Crippen molar-refractivity contribution in [2.45, 2.75) is 32.2 Å². The summed E-state index contributed by atoms with van der Waals surface area (Å²) in [6, 6.07) is 0. The summed E-state index contributed by atoms with van der Waals surface area (Å²) in [5.41, 5.74) is -0.209. The Balaban J connectivity index is 3.82. The number of hydrogen-bond acceptors (Lipinski definition) is 3. The molecule has 0 rings (SSSR count). The zero-order valence-corrected chi connectivity index (χ0v) is 10.7. The summed E-state index contributed by atoms with van der Waals surface area (Å²) < 4.78 is 4.90. The molecule has 0 aliphatic heterocycles. The molecule has 0 unspecified atom stereocenters. The molecule has 0 saturated carbocycles. The van der Waals surface area contributed by atoms with Gasteiger partial charge in [0.1, 0.15) is 0 Å². The Morgan fingerprint density at radius 3 is 2.60 bits per heavy atom. The van der Waals surface area contributed by atoms with Crippen LogP contribution in [0.5, 0.6) is 0 Å². The monoisotopic (exact) mass is 236 g/mol. The maximum absolute atomic E-state index is 11.6. The minimum atomic E-state index is -0.209. The fourth-order valence-corrected chi connectivity index (χ4v) is 1.10. The Kier molecular flexibility index (Phi) is 6.89. The van der Waals surface area contributed by atoms with Crippen LogP contribution >= 0.6 is 11.8 Å². The highest BCUT2D eigenvalue weighted by Gasteiger charge is 2.18. The first kappa shape index (κ1) is 14.7. The standard InChI is InChI=1S/C10H21ClN2O2/c1-10(2,12-11)6-5-9(14)13(3)7-8-15-4/h12H,5-8H2,1-4H3. The molecule has 0 aliphatic rings. The number of carbonyl (C=O) groups is 1. The number of hydrogen-bond donors (Lipinski definition) is 1. The fourth-order valence-electron chi connectivity index (χ4n) is 1.01. The van der Waals surface area contributed by atoms with E-state index in [9.17, 15) is 4.79 Å². The van der Waals surface area contributed by atoms with E-state index in [0.29, 0.717) is 26.0 Å². The molecule has 15 heavy (non-hydrogen) atoms. The Bertz CT molecular complexity index is 198. The molecule has 0 bridgehead atoms. The molecule has 1 N–H and O–H groups in total. The van der Waals surface area contributed by atoms with Gasteiger partial charge in [0.15, 0.2) is 0 Å². The zero-order chi connectivity index (χ0) is 11.9. The van der Waals surface area contributed by atoms with Crippen LogP contribution in [0.2, 0.25) is 0 Å².